The minimum atomic E-state index is -0.115. The zero-order valence-corrected chi connectivity index (χ0v) is 12.9. The Morgan fingerprint density at radius 2 is 2.00 bits per heavy atom. The van der Waals surface area contributed by atoms with Gasteiger partial charge in [0, 0.05) is 38.8 Å². The van der Waals surface area contributed by atoms with Crippen molar-refractivity contribution in [1.82, 2.24) is 15.1 Å². The maximum absolute atomic E-state index is 12.2. The zero-order valence-electron chi connectivity index (χ0n) is 12.9. The molecule has 2 heterocycles. The van der Waals surface area contributed by atoms with Gasteiger partial charge in [0.2, 0.25) is 5.91 Å². The lowest BCUT2D eigenvalue weighted by Crippen LogP contribution is -2.56. The first-order valence-electron chi connectivity index (χ1n) is 7.60. The van der Waals surface area contributed by atoms with E-state index in [0.29, 0.717) is 19.1 Å². The third-order valence-electron chi connectivity index (χ3n) is 4.26. The summed E-state index contributed by atoms with van der Waals surface area (Å²) in [7, 11) is 0. The van der Waals surface area contributed by atoms with Crippen molar-refractivity contribution in [3.05, 3.63) is 24.2 Å². The third-order valence-corrected chi connectivity index (χ3v) is 4.26. The molecule has 118 valence electrons. The van der Waals surface area contributed by atoms with Gasteiger partial charge in [0.25, 0.3) is 0 Å². The molecule has 0 aliphatic carbocycles. The van der Waals surface area contributed by atoms with Gasteiger partial charge in [-0.1, -0.05) is 0 Å². The third kappa shape index (κ3) is 4.30. The largest absolute Gasteiger partial charge is 0.467 e. The van der Waals surface area contributed by atoms with Crippen LogP contribution >= 0.6 is 0 Å². The molecule has 1 saturated heterocycles. The second kappa shape index (κ2) is 7.59. The van der Waals surface area contributed by atoms with Gasteiger partial charge in [-0.2, -0.15) is 0 Å². The molecule has 2 unspecified atom stereocenters. The van der Waals surface area contributed by atoms with E-state index < -0.39 is 0 Å². The lowest BCUT2D eigenvalue weighted by Gasteiger charge is -2.39. The minimum Gasteiger partial charge on any atom is -0.467 e. The molecule has 1 aromatic heterocycles. The zero-order chi connectivity index (χ0) is 15.2. The summed E-state index contributed by atoms with van der Waals surface area (Å²) < 4.78 is 5.22. The van der Waals surface area contributed by atoms with Crippen molar-refractivity contribution in [3.8, 4) is 0 Å². The quantitative estimate of drug-likeness (QED) is 0.786. The number of nitrogens with one attached hydrogen (secondary N) is 1. The number of rotatable bonds is 6. The first-order valence-corrected chi connectivity index (χ1v) is 7.60. The Hall–Kier alpha value is -1.37. The van der Waals surface area contributed by atoms with Crippen LogP contribution in [0.2, 0.25) is 0 Å². The van der Waals surface area contributed by atoms with Crippen molar-refractivity contribution in [2.75, 3.05) is 32.7 Å². The maximum atomic E-state index is 12.2. The highest BCUT2D eigenvalue weighted by Crippen LogP contribution is 2.09. The number of furan rings is 1. The molecule has 0 radical (unpaired) electrons. The summed E-state index contributed by atoms with van der Waals surface area (Å²) >= 11 is 0. The lowest BCUT2D eigenvalue weighted by atomic mass is 10.2. The highest BCUT2D eigenvalue weighted by Gasteiger charge is 2.26. The SMILES string of the molecule is CC(CN)N1CCN(C(C)C(=O)NCc2ccco2)CC1. The molecule has 0 aromatic carbocycles. The van der Waals surface area contributed by atoms with Crippen LogP contribution < -0.4 is 11.1 Å². The van der Waals surface area contributed by atoms with E-state index in [1.807, 2.05) is 19.1 Å². The van der Waals surface area contributed by atoms with Crippen LogP contribution in [0.15, 0.2) is 22.8 Å². The molecule has 0 spiro atoms. The van der Waals surface area contributed by atoms with E-state index in [-0.39, 0.29) is 11.9 Å². The Morgan fingerprint density at radius 3 is 2.57 bits per heavy atom. The fraction of sp³-hybridized carbons (Fsp3) is 0.667. The fourth-order valence-corrected chi connectivity index (χ4v) is 2.62. The van der Waals surface area contributed by atoms with Gasteiger partial charge in [0.15, 0.2) is 0 Å². The molecule has 6 heteroatoms. The van der Waals surface area contributed by atoms with Crippen molar-refractivity contribution in [3.63, 3.8) is 0 Å². The topological polar surface area (TPSA) is 74.7 Å². The van der Waals surface area contributed by atoms with Crippen LogP contribution in [0.4, 0.5) is 0 Å². The molecule has 6 nitrogen and oxygen atoms in total. The number of carbonyl (C=O) groups is 1. The average Bonchev–Trinajstić information content (AvgIpc) is 3.04. The summed E-state index contributed by atoms with van der Waals surface area (Å²) in [5.74, 6) is 0.823. The highest BCUT2D eigenvalue weighted by molar-refractivity contribution is 5.81. The standard InChI is InChI=1S/C15H26N4O2/c1-12(10-16)18-5-7-19(8-6-18)13(2)15(20)17-11-14-4-3-9-21-14/h3-4,9,12-13H,5-8,10-11,16H2,1-2H3,(H,17,20). The van der Waals surface area contributed by atoms with Gasteiger partial charge in [-0.05, 0) is 26.0 Å². The van der Waals surface area contributed by atoms with Gasteiger partial charge >= 0.3 is 0 Å². The van der Waals surface area contributed by atoms with E-state index in [9.17, 15) is 4.79 Å². The van der Waals surface area contributed by atoms with Gasteiger partial charge in [-0.3, -0.25) is 14.6 Å². The predicted molar refractivity (Wildman–Crippen MR) is 81.7 cm³/mol. The van der Waals surface area contributed by atoms with Gasteiger partial charge in [-0.25, -0.2) is 0 Å². The Labute approximate surface area is 126 Å². The number of nitrogens with two attached hydrogens (primary N) is 1. The van der Waals surface area contributed by atoms with Gasteiger partial charge in [0.05, 0.1) is 18.8 Å². The molecule has 2 rings (SSSR count). The number of hydrogen-bond acceptors (Lipinski definition) is 5. The van der Waals surface area contributed by atoms with Gasteiger partial charge in [0.1, 0.15) is 5.76 Å². The second-order valence-corrected chi connectivity index (χ2v) is 5.63. The van der Waals surface area contributed by atoms with Gasteiger partial charge in [-0.15, -0.1) is 0 Å². The molecule has 0 saturated carbocycles. The van der Waals surface area contributed by atoms with E-state index in [4.69, 9.17) is 10.2 Å². The second-order valence-electron chi connectivity index (χ2n) is 5.63. The Kier molecular flexibility index (Phi) is 5.78. The summed E-state index contributed by atoms with van der Waals surface area (Å²) in [6.45, 7) is 8.97. The molecule has 3 N–H and O–H groups in total. The van der Waals surface area contributed by atoms with Crippen LogP contribution in [0.25, 0.3) is 0 Å². The average molecular weight is 294 g/mol. The van der Waals surface area contributed by atoms with Gasteiger partial charge < -0.3 is 15.5 Å². The summed E-state index contributed by atoms with van der Waals surface area (Å²) in [4.78, 5) is 16.8. The van der Waals surface area contributed by atoms with Crippen LogP contribution in [-0.2, 0) is 11.3 Å². The van der Waals surface area contributed by atoms with Crippen molar-refractivity contribution in [2.24, 2.45) is 5.73 Å². The van der Waals surface area contributed by atoms with E-state index in [2.05, 4.69) is 22.0 Å². The maximum Gasteiger partial charge on any atom is 0.237 e. The van der Waals surface area contributed by atoms with Crippen LogP contribution in [0.5, 0.6) is 0 Å². The van der Waals surface area contributed by atoms with Crippen LogP contribution in [-0.4, -0.2) is 60.5 Å². The van der Waals surface area contributed by atoms with E-state index in [0.717, 1.165) is 31.9 Å². The summed E-state index contributed by atoms with van der Waals surface area (Å²) in [5.41, 5.74) is 5.70. The summed E-state index contributed by atoms with van der Waals surface area (Å²) in [6.07, 6.45) is 1.61. The number of nitrogens with zero attached hydrogens (tertiary/aromatic N) is 2. The normalized spacial score (nSPS) is 20.1. The highest BCUT2D eigenvalue weighted by atomic mass is 16.3. The van der Waals surface area contributed by atoms with Crippen molar-refractivity contribution < 1.29 is 9.21 Å². The van der Waals surface area contributed by atoms with E-state index in [1.54, 1.807) is 6.26 Å². The molecule has 1 fully saturated rings. The van der Waals surface area contributed by atoms with Crippen LogP contribution in [0.3, 0.4) is 0 Å². The molecule has 1 aliphatic rings. The van der Waals surface area contributed by atoms with E-state index in [1.165, 1.54) is 0 Å². The predicted octanol–water partition coefficient (Wildman–Crippen LogP) is 0.249. The molecule has 21 heavy (non-hydrogen) atoms. The monoisotopic (exact) mass is 294 g/mol. The van der Waals surface area contributed by atoms with Crippen molar-refractivity contribution in [1.29, 1.82) is 0 Å². The summed E-state index contributed by atoms with van der Waals surface area (Å²) in [5, 5.41) is 2.92. The molecular formula is C15H26N4O2. The Morgan fingerprint density at radius 1 is 1.33 bits per heavy atom. The van der Waals surface area contributed by atoms with Crippen LogP contribution in [0.1, 0.15) is 19.6 Å². The Balaban J connectivity index is 1.75. The van der Waals surface area contributed by atoms with Crippen molar-refractivity contribution in [2.45, 2.75) is 32.5 Å². The molecule has 1 aliphatic heterocycles. The van der Waals surface area contributed by atoms with E-state index >= 15 is 0 Å². The molecular weight excluding hydrogens is 268 g/mol. The van der Waals surface area contributed by atoms with Crippen molar-refractivity contribution >= 4 is 5.91 Å². The fourth-order valence-electron chi connectivity index (χ4n) is 2.62. The number of amides is 1. The number of carbonyl (C=O) groups excluding carboxylic acids is 1. The summed E-state index contributed by atoms with van der Waals surface area (Å²) in [6, 6.07) is 3.98. The first kappa shape index (κ1) is 16.0. The minimum absolute atomic E-state index is 0.0479. The molecule has 1 aromatic rings. The first-order chi connectivity index (χ1) is 10.1. The number of piperazine rings is 1. The smallest absolute Gasteiger partial charge is 0.237 e. The lowest BCUT2D eigenvalue weighted by molar-refractivity contribution is -0.126. The molecule has 2 atom stereocenters. The number of hydrogen-bond donors (Lipinski definition) is 2. The molecule has 1 amide bonds. The Bertz CT molecular complexity index is 427. The molecule has 0 bridgehead atoms. The van der Waals surface area contributed by atoms with Crippen LogP contribution in [0, 0.1) is 0 Å².